The van der Waals surface area contributed by atoms with Crippen molar-refractivity contribution in [3.05, 3.63) is 100 Å². The summed E-state index contributed by atoms with van der Waals surface area (Å²) < 4.78 is 11.2. The van der Waals surface area contributed by atoms with Crippen molar-refractivity contribution in [2.24, 2.45) is 0 Å². The number of amides is 1. The normalized spacial score (nSPS) is 17.1. The Hall–Kier alpha value is -3.43. The molecule has 2 atom stereocenters. The third-order valence-corrected chi connectivity index (χ3v) is 6.80. The minimum absolute atomic E-state index is 0.0690. The van der Waals surface area contributed by atoms with Crippen LogP contribution in [0.1, 0.15) is 23.5 Å². The molecule has 188 valence electrons. The van der Waals surface area contributed by atoms with Crippen LogP contribution in [0.15, 0.2) is 83.4 Å². The molecule has 1 fully saturated rings. The Kier molecular flexibility index (Phi) is 7.43. The van der Waals surface area contributed by atoms with Gasteiger partial charge in [-0.25, -0.2) is 0 Å². The van der Waals surface area contributed by atoms with Crippen LogP contribution in [-0.2, 0) is 9.53 Å². The first kappa shape index (κ1) is 25.2. The molecule has 4 aromatic rings. The van der Waals surface area contributed by atoms with Crippen molar-refractivity contribution >= 4 is 57.8 Å². The van der Waals surface area contributed by atoms with Crippen LogP contribution in [0.25, 0.3) is 11.3 Å². The first-order valence-electron chi connectivity index (χ1n) is 11.4. The van der Waals surface area contributed by atoms with E-state index in [4.69, 9.17) is 44.6 Å². The highest BCUT2D eigenvalue weighted by Crippen LogP contribution is 2.44. The van der Waals surface area contributed by atoms with Crippen molar-refractivity contribution in [3.63, 3.8) is 0 Å². The number of nitrogens with one attached hydrogen (secondary N) is 2. The van der Waals surface area contributed by atoms with Gasteiger partial charge in [0.15, 0.2) is 5.11 Å². The molecular weight excluding hydrogens is 531 g/mol. The molecule has 5 rings (SSSR count). The van der Waals surface area contributed by atoms with Crippen LogP contribution in [0, 0.1) is 0 Å². The number of thiocarbonyl (C=S) groups is 1. The second kappa shape index (κ2) is 10.9. The monoisotopic (exact) mass is 552 g/mol. The van der Waals surface area contributed by atoms with E-state index in [1.165, 1.54) is 7.11 Å². The lowest BCUT2D eigenvalue weighted by Gasteiger charge is -2.26. The predicted octanol–water partition coefficient (Wildman–Crippen LogP) is 6.41. The van der Waals surface area contributed by atoms with Crippen LogP contribution in [0.5, 0.6) is 0 Å². The maximum Gasteiger partial charge on any atom is 0.250 e. The summed E-state index contributed by atoms with van der Waals surface area (Å²) in [5.74, 6) is 1.11. The molecule has 0 saturated carbocycles. The van der Waals surface area contributed by atoms with Gasteiger partial charge in [0.25, 0.3) is 0 Å². The number of anilines is 2. The average Bonchev–Trinajstić information content (AvgIpc) is 3.51. The van der Waals surface area contributed by atoms with E-state index < -0.39 is 0 Å². The maximum absolute atomic E-state index is 12.0. The van der Waals surface area contributed by atoms with E-state index >= 15 is 0 Å². The van der Waals surface area contributed by atoms with Gasteiger partial charge < -0.3 is 24.7 Å². The Labute approximate surface area is 229 Å². The third kappa shape index (κ3) is 5.33. The number of hydrogen-bond donors (Lipinski definition) is 2. The first-order chi connectivity index (χ1) is 17.9. The molecule has 37 heavy (non-hydrogen) atoms. The largest absolute Gasteiger partial charge is 0.459 e. The zero-order valence-corrected chi connectivity index (χ0v) is 22.0. The van der Waals surface area contributed by atoms with Crippen molar-refractivity contribution in [2.45, 2.75) is 12.1 Å². The molecule has 2 N–H and O–H groups in total. The number of carbonyl (C=O) groups excluding carboxylic acids is 1. The first-order valence-corrected chi connectivity index (χ1v) is 12.6. The van der Waals surface area contributed by atoms with Crippen molar-refractivity contribution in [2.75, 3.05) is 23.9 Å². The quantitative estimate of drug-likeness (QED) is 0.256. The molecule has 0 unspecified atom stereocenters. The number of methoxy groups -OCH3 is 1. The fraction of sp³-hybridized carbons (Fsp3) is 0.148. The van der Waals surface area contributed by atoms with Crippen LogP contribution in [0.4, 0.5) is 11.4 Å². The van der Waals surface area contributed by atoms with Crippen molar-refractivity contribution in [1.29, 1.82) is 0 Å². The van der Waals surface area contributed by atoms with Crippen molar-refractivity contribution in [1.82, 2.24) is 10.3 Å². The van der Waals surface area contributed by atoms with Gasteiger partial charge >= 0.3 is 0 Å². The highest BCUT2D eigenvalue weighted by Gasteiger charge is 2.42. The number of aromatic nitrogens is 1. The minimum Gasteiger partial charge on any atom is -0.459 e. The number of halogens is 2. The Morgan fingerprint density at radius 2 is 1.95 bits per heavy atom. The Morgan fingerprint density at radius 1 is 1.14 bits per heavy atom. The zero-order valence-electron chi connectivity index (χ0n) is 19.7. The summed E-state index contributed by atoms with van der Waals surface area (Å²) >= 11 is 18.4. The molecule has 0 spiro atoms. The van der Waals surface area contributed by atoms with Gasteiger partial charge in [-0.15, -0.1) is 0 Å². The van der Waals surface area contributed by atoms with Gasteiger partial charge in [0, 0.05) is 29.6 Å². The molecule has 7 nitrogen and oxygen atoms in total. The summed E-state index contributed by atoms with van der Waals surface area (Å²) in [6.45, 7) is -0.0690. The van der Waals surface area contributed by atoms with E-state index in [2.05, 4.69) is 15.6 Å². The lowest BCUT2D eigenvalue weighted by molar-refractivity contribution is -0.119. The lowest BCUT2D eigenvalue weighted by Crippen LogP contribution is -2.29. The van der Waals surface area contributed by atoms with Gasteiger partial charge in [0.05, 0.1) is 22.4 Å². The fourth-order valence-electron chi connectivity index (χ4n) is 4.28. The number of carbonyl (C=O) groups is 1. The minimum atomic E-state index is -0.353. The summed E-state index contributed by atoms with van der Waals surface area (Å²) in [5, 5.41) is 7.66. The van der Waals surface area contributed by atoms with E-state index in [1.54, 1.807) is 18.3 Å². The molecule has 2 aromatic heterocycles. The van der Waals surface area contributed by atoms with Crippen LogP contribution in [-0.4, -0.2) is 29.7 Å². The highest BCUT2D eigenvalue weighted by molar-refractivity contribution is 7.80. The summed E-state index contributed by atoms with van der Waals surface area (Å²) in [6, 6.07) is 21.8. The van der Waals surface area contributed by atoms with Crippen LogP contribution in [0.3, 0.4) is 0 Å². The standard InChI is InChI=1S/C27H22Cl2N4O3S/c1-35-15-24(34)31-20-10-9-18(14-19(20)29)33-26(25(32-27(33)37)21-4-2-3-13-30-21)23-12-11-22(36-23)16-5-7-17(28)8-6-16/h2-14,25-26H,15H2,1H3,(H,31,34)(H,32,37)/t25-,26-/m1/s1. The molecule has 2 aromatic carbocycles. The lowest BCUT2D eigenvalue weighted by atomic mass is 10.0. The number of benzene rings is 2. The molecule has 0 radical (unpaired) electrons. The van der Waals surface area contributed by atoms with Gasteiger partial charge in [-0.05, 0) is 78.9 Å². The average molecular weight is 553 g/mol. The number of pyridine rings is 1. The summed E-state index contributed by atoms with van der Waals surface area (Å²) in [6.07, 6.45) is 1.75. The van der Waals surface area contributed by atoms with E-state index in [0.717, 1.165) is 16.9 Å². The van der Waals surface area contributed by atoms with E-state index in [0.29, 0.717) is 32.4 Å². The third-order valence-electron chi connectivity index (χ3n) is 5.93. The molecule has 1 aliphatic rings. The predicted molar refractivity (Wildman–Crippen MR) is 149 cm³/mol. The van der Waals surface area contributed by atoms with Gasteiger partial charge in [0.2, 0.25) is 5.91 Å². The van der Waals surface area contributed by atoms with E-state index in [1.807, 2.05) is 65.6 Å². The second-order valence-electron chi connectivity index (χ2n) is 8.35. The fourth-order valence-corrected chi connectivity index (χ4v) is 4.97. The van der Waals surface area contributed by atoms with Crippen LogP contribution in [0.2, 0.25) is 10.0 Å². The Balaban J connectivity index is 1.53. The molecular formula is C27H22Cl2N4O3S. The number of rotatable bonds is 7. The number of ether oxygens (including phenoxy) is 1. The Morgan fingerprint density at radius 3 is 2.65 bits per heavy atom. The number of furan rings is 1. The van der Waals surface area contributed by atoms with Crippen LogP contribution >= 0.6 is 35.4 Å². The molecule has 1 aliphatic heterocycles. The van der Waals surface area contributed by atoms with Gasteiger partial charge in [-0.1, -0.05) is 29.3 Å². The number of nitrogens with zero attached hydrogens (tertiary/aromatic N) is 2. The van der Waals surface area contributed by atoms with Crippen molar-refractivity contribution < 1.29 is 13.9 Å². The summed E-state index contributed by atoms with van der Waals surface area (Å²) in [4.78, 5) is 18.5. The van der Waals surface area contributed by atoms with Crippen LogP contribution < -0.4 is 15.5 Å². The molecule has 0 bridgehead atoms. The summed E-state index contributed by atoms with van der Waals surface area (Å²) in [7, 11) is 1.46. The van der Waals surface area contributed by atoms with Gasteiger partial charge in [-0.2, -0.15) is 0 Å². The molecule has 3 heterocycles. The zero-order chi connectivity index (χ0) is 25.9. The highest BCUT2D eigenvalue weighted by atomic mass is 35.5. The van der Waals surface area contributed by atoms with E-state index in [9.17, 15) is 4.79 Å². The van der Waals surface area contributed by atoms with Crippen molar-refractivity contribution in [3.8, 4) is 11.3 Å². The Bertz CT molecular complexity index is 1430. The maximum atomic E-state index is 12.0. The second-order valence-corrected chi connectivity index (χ2v) is 9.58. The molecule has 1 amide bonds. The number of hydrogen-bond acceptors (Lipinski definition) is 5. The molecule has 1 saturated heterocycles. The van der Waals surface area contributed by atoms with Gasteiger partial charge in [0.1, 0.15) is 24.2 Å². The van der Waals surface area contributed by atoms with Gasteiger partial charge in [-0.3, -0.25) is 9.78 Å². The topological polar surface area (TPSA) is 79.6 Å². The smallest absolute Gasteiger partial charge is 0.250 e. The molecule has 10 heteroatoms. The SMILES string of the molecule is COCC(=O)Nc1ccc(N2C(=S)N[C@H](c3ccccn3)[C@H]2c2ccc(-c3ccc(Cl)cc3)o2)cc1Cl. The summed E-state index contributed by atoms with van der Waals surface area (Å²) in [5.41, 5.74) is 2.94. The molecule has 0 aliphatic carbocycles. The van der Waals surface area contributed by atoms with E-state index in [-0.39, 0.29) is 24.6 Å².